The van der Waals surface area contributed by atoms with Gasteiger partial charge in [0.05, 0.1) is 5.56 Å². The molecule has 0 aliphatic carbocycles. The molecule has 0 bridgehead atoms. The number of carbonyl (C=O) groups is 1. The zero-order chi connectivity index (χ0) is 18.1. The van der Waals surface area contributed by atoms with Gasteiger partial charge in [-0.3, -0.25) is 4.79 Å². The van der Waals surface area contributed by atoms with Crippen molar-refractivity contribution < 1.29 is 18.0 Å². The zero-order valence-electron chi connectivity index (χ0n) is 12.9. The van der Waals surface area contributed by atoms with Crippen molar-refractivity contribution in [1.82, 2.24) is 4.90 Å². The van der Waals surface area contributed by atoms with Crippen LogP contribution in [0.1, 0.15) is 10.4 Å². The molecule has 0 unspecified atom stereocenters. The first kappa shape index (κ1) is 17.9. The zero-order valence-corrected chi connectivity index (χ0v) is 14.4. The summed E-state index contributed by atoms with van der Waals surface area (Å²) in [4.78, 5) is 15.8. The first-order chi connectivity index (χ1) is 11.9. The Bertz CT molecular complexity index is 804. The van der Waals surface area contributed by atoms with Gasteiger partial charge in [0.15, 0.2) is 17.5 Å². The fourth-order valence-electron chi connectivity index (χ4n) is 2.75. The summed E-state index contributed by atoms with van der Waals surface area (Å²) in [6.45, 7) is 1.57. The quantitative estimate of drug-likeness (QED) is 0.713. The minimum atomic E-state index is -1.64. The van der Waals surface area contributed by atoms with Crippen LogP contribution in [0.3, 0.4) is 0 Å². The number of anilines is 1. The van der Waals surface area contributed by atoms with Gasteiger partial charge in [-0.2, -0.15) is 0 Å². The van der Waals surface area contributed by atoms with Gasteiger partial charge in [-0.15, -0.1) is 0 Å². The lowest BCUT2D eigenvalue weighted by Gasteiger charge is -2.36. The molecule has 132 valence electrons. The SMILES string of the molecule is O=C(c1ccc(F)c(F)c1F)N1CCN(c2cc(Cl)cc(Cl)c2)CC1. The number of hydrogen-bond acceptors (Lipinski definition) is 2. The number of nitrogens with zero attached hydrogens (tertiary/aromatic N) is 2. The van der Waals surface area contributed by atoms with Crippen molar-refractivity contribution in [3.8, 4) is 0 Å². The maximum Gasteiger partial charge on any atom is 0.257 e. The van der Waals surface area contributed by atoms with Crippen molar-refractivity contribution in [2.24, 2.45) is 0 Å². The predicted octanol–water partition coefficient (Wildman–Crippen LogP) is 4.37. The number of carbonyl (C=O) groups excluding carboxylic acids is 1. The average Bonchev–Trinajstić information content (AvgIpc) is 2.59. The molecule has 1 heterocycles. The minimum absolute atomic E-state index is 0.307. The van der Waals surface area contributed by atoms with E-state index in [0.29, 0.717) is 36.2 Å². The van der Waals surface area contributed by atoms with E-state index in [2.05, 4.69) is 0 Å². The molecule has 1 aliphatic rings. The summed E-state index contributed by atoms with van der Waals surface area (Å²) in [7, 11) is 0. The van der Waals surface area contributed by atoms with Gasteiger partial charge in [0.2, 0.25) is 0 Å². The Morgan fingerprint density at radius 1 is 0.880 bits per heavy atom. The smallest absolute Gasteiger partial charge is 0.257 e. The van der Waals surface area contributed by atoms with E-state index in [1.165, 1.54) is 4.90 Å². The maximum atomic E-state index is 13.8. The van der Waals surface area contributed by atoms with Crippen LogP contribution in [0.4, 0.5) is 18.9 Å². The van der Waals surface area contributed by atoms with Crippen LogP contribution in [0, 0.1) is 17.5 Å². The van der Waals surface area contributed by atoms with Crippen molar-refractivity contribution >= 4 is 34.8 Å². The van der Waals surface area contributed by atoms with Gasteiger partial charge in [0.1, 0.15) is 0 Å². The number of piperazine rings is 1. The lowest BCUT2D eigenvalue weighted by atomic mass is 10.1. The van der Waals surface area contributed by atoms with Crippen molar-refractivity contribution in [1.29, 1.82) is 0 Å². The van der Waals surface area contributed by atoms with Crippen LogP contribution in [-0.4, -0.2) is 37.0 Å². The molecule has 1 aliphatic heterocycles. The Morgan fingerprint density at radius 3 is 2.08 bits per heavy atom. The first-order valence-corrected chi connectivity index (χ1v) is 8.26. The molecule has 0 aromatic heterocycles. The topological polar surface area (TPSA) is 23.6 Å². The molecule has 3 nitrogen and oxygen atoms in total. The average molecular weight is 389 g/mol. The number of benzene rings is 2. The molecule has 0 radical (unpaired) electrons. The third-order valence-corrected chi connectivity index (χ3v) is 4.48. The van der Waals surface area contributed by atoms with E-state index in [4.69, 9.17) is 23.2 Å². The van der Waals surface area contributed by atoms with Crippen LogP contribution in [0.5, 0.6) is 0 Å². The van der Waals surface area contributed by atoms with Gasteiger partial charge >= 0.3 is 0 Å². The van der Waals surface area contributed by atoms with E-state index in [9.17, 15) is 18.0 Å². The van der Waals surface area contributed by atoms with E-state index >= 15 is 0 Å². The van der Waals surface area contributed by atoms with E-state index in [1.807, 2.05) is 4.90 Å². The second kappa shape index (κ2) is 7.14. The van der Waals surface area contributed by atoms with Crippen LogP contribution in [-0.2, 0) is 0 Å². The Labute approximate surface area is 152 Å². The van der Waals surface area contributed by atoms with Gasteiger partial charge in [-0.1, -0.05) is 23.2 Å². The van der Waals surface area contributed by atoms with E-state index in [1.54, 1.807) is 18.2 Å². The molecular formula is C17H13Cl2F3N2O. The van der Waals surface area contributed by atoms with Crippen molar-refractivity contribution in [3.63, 3.8) is 0 Å². The van der Waals surface area contributed by atoms with Crippen LogP contribution in [0.15, 0.2) is 30.3 Å². The maximum absolute atomic E-state index is 13.8. The highest BCUT2D eigenvalue weighted by Gasteiger charge is 2.26. The van der Waals surface area contributed by atoms with E-state index in [0.717, 1.165) is 17.8 Å². The molecule has 0 saturated carbocycles. The first-order valence-electron chi connectivity index (χ1n) is 7.50. The number of amides is 1. The van der Waals surface area contributed by atoms with Gasteiger partial charge in [0, 0.05) is 41.9 Å². The molecule has 2 aromatic rings. The van der Waals surface area contributed by atoms with Gasteiger partial charge in [0.25, 0.3) is 5.91 Å². The van der Waals surface area contributed by atoms with Gasteiger partial charge < -0.3 is 9.80 Å². The van der Waals surface area contributed by atoms with E-state index in [-0.39, 0.29) is 0 Å². The summed E-state index contributed by atoms with van der Waals surface area (Å²) in [5.41, 5.74) is 0.349. The monoisotopic (exact) mass is 388 g/mol. The molecule has 0 spiro atoms. The predicted molar refractivity (Wildman–Crippen MR) is 90.9 cm³/mol. The molecular weight excluding hydrogens is 376 g/mol. The highest BCUT2D eigenvalue weighted by atomic mass is 35.5. The van der Waals surface area contributed by atoms with Crippen LogP contribution < -0.4 is 4.90 Å². The molecule has 3 rings (SSSR count). The summed E-state index contributed by atoms with van der Waals surface area (Å²) in [5.74, 6) is -5.09. The second-order valence-corrected chi connectivity index (χ2v) is 6.50. The fraction of sp³-hybridized carbons (Fsp3) is 0.235. The van der Waals surface area contributed by atoms with Crippen molar-refractivity contribution in [2.75, 3.05) is 31.1 Å². The van der Waals surface area contributed by atoms with E-state index < -0.39 is 28.9 Å². The summed E-state index contributed by atoms with van der Waals surface area (Å²) >= 11 is 12.0. The second-order valence-electron chi connectivity index (χ2n) is 5.63. The molecule has 2 aromatic carbocycles. The van der Waals surface area contributed by atoms with Crippen LogP contribution in [0.2, 0.25) is 10.0 Å². The summed E-state index contributed by atoms with van der Waals surface area (Å²) < 4.78 is 40.1. The normalized spacial score (nSPS) is 14.8. The van der Waals surface area contributed by atoms with Crippen LogP contribution in [0.25, 0.3) is 0 Å². The lowest BCUT2D eigenvalue weighted by molar-refractivity contribution is 0.0740. The number of hydrogen-bond donors (Lipinski definition) is 0. The summed E-state index contributed by atoms with van der Waals surface area (Å²) in [6, 6.07) is 6.85. The van der Waals surface area contributed by atoms with Gasteiger partial charge in [-0.05, 0) is 30.3 Å². The molecule has 1 fully saturated rings. The summed E-state index contributed by atoms with van der Waals surface area (Å²) in [5, 5.41) is 1.01. The Kier molecular flexibility index (Phi) is 5.11. The number of halogens is 5. The van der Waals surface area contributed by atoms with Crippen molar-refractivity contribution in [3.05, 3.63) is 63.4 Å². The lowest BCUT2D eigenvalue weighted by Crippen LogP contribution is -2.49. The molecule has 25 heavy (non-hydrogen) atoms. The molecule has 1 saturated heterocycles. The van der Waals surface area contributed by atoms with Crippen LogP contribution >= 0.6 is 23.2 Å². The third-order valence-electron chi connectivity index (χ3n) is 4.04. The Hall–Kier alpha value is -1.92. The van der Waals surface area contributed by atoms with Crippen molar-refractivity contribution in [2.45, 2.75) is 0 Å². The molecule has 1 amide bonds. The number of rotatable bonds is 2. The summed E-state index contributed by atoms with van der Waals surface area (Å²) in [6.07, 6.45) is 0. The Morgan fingerprint density at radius 2 is 1.48 bits per heavy atom. The largest absolute Gasteiger partial charge is 0.368 e. The minimum Gasteiger partial charge on any atom is -0.368 e. The highest BCUT2D eigenvalue weighted by molar-refractivity contribution is 6.35. The molecule has 8 heteroatoms. The molecule has 0 atom stereocenters. The fourth-order valence-corrected chi connectivity index (χ4v) is 3.27. The highest BCUT2D eigenvalue weighted by Crippen LogP contribution is 2.26. The molecule has 0 N–H and O–H groups in total. The Balaban J connectivity index is 1.72. The van der Waals surface area contributed by atoms with Gasteiger partial charge in [-0.25, -0.2) is 13.2 Å². The third kappa shape index (κ3) is 3.70. The standard InChI is InChI=1S/C17H13Cl2F3N2O/c18-10-7-11(19)9-12(8-10)23-3-5-24(6-4-23)17(25)13-1-2-14(20)16(22)15(13)21/h1-2,7-9H,3-6H2.